The summed E-state index contributed by atoms with van der Waals surface area (Å²) >= 11 is 0. The summed E-state index contributed by atoms with van der Waals surface area (Å²) in [6.07, 6.45) is -4.38. The van der Waals surface area contributed by atoms with Gasteiger partial charge in [-0.15, -0.1) is 0 Å². The van der Waals surface area contributed by atoms with Gasteiger partial charge in [0.1, 0.15) is 22.9 Å². The molecule has 0 atom stereocenters. The molecule has 0 aliphatic carbocycles. The standard InChI is InChI=1S/C18H13F3N2O3/c1-11(22-24)17-10-16(23-26-17)12-2-6-14(7-3-12)25-15-8-4-13(5-9-15)18(19,20)21/h2-10,24H,1H3/b22-11+. The third-order valence-electron chi connectivity index (χ3n) is 3.58. The van der Waals surface area contributed by atoms with Crippen LogP contribution >= 0.6 is 0 Å². The summed E-state index contributed by atoms with van der Waals surface area (Å²) in [4.78, 5) is 0. The first-order valence-corrected chi connectivity index (χ1v) is 7.48. The van der Waals surface area contributed by atoms with Gasteiger partial charge < -0.3 is 14.5 Å². The van der Waals surface area contributed by atoms with Gasteiger partial charge in [-0.25, -0.2) is 0 Å². The predicted molar refractivity (Wildman–Crippen MR) is 87.5 cm³/mol. The Balaban J connectivity index is 1.73. The van der Waals surface area contributed by atoms with E-state index in [-0.39, 0.29) is 0 Å². The molecule has 134 valence electrons. The first-order valence-electron chi connectivity index (χ1n) is 7.48. The molecule has 0 unspecified atom stereocenters. The highest BCUT2D eigenvalue weighted by atomic mass is 19.4. The van der Waals surface area contributed by atoms with Gasteiger partial charge in [-0.1, -0.05) is 10.3 Å². The second-order valence-corrected chi connectivity index (χ2v) is 5.41. The molecule has 0 spiro atoms. The zero-order chi connectivity index (χ0) is 18.7. The molecule has 0 fully saturated rings. The lowest BCUT2D eigenvalue weighted by Gasteiger charge is -2.09. The van der Waals surface area contributed by atoms with Crippen LogP contribution in [0.1, 0.15) is 18.2 Å². The normalized spacial score (nSPS) is 12.2. The van der Waals surface area contributed by atoms with Gasteiger partial charge in [0.2, 0.25) is 0 Å². The van der Waals surface area contributed by atoms with Crippen molar-refractivity contribution < 1.29 is 27.6 Å². The summed E-state index contributed by atoms with van der Waals surface area (Å²) in [6, 6.07) is 12.9. The fourth-order valence-corrected chi connectivity index (χ4v) is 2.17. The van der Waals surface area contributed by atoms with Crippen LogP contribution in [-0.4, -0.2) is 16.1 Å². The maximum absolute atomic E-state index is 12.6. The van der Waals surface area contributed by atoms with E-state index in [1.165, 1.54) is 12.1 Å². The van der Waals surface area contributed by atoms with Crippen molar-refractivity contribution in [2.24, 2.45) is 5.16 Å². The van der Waals surface area contributed by atoms with Crippen molar-refractivity contribution in [1.29, 1.82) is 0 Å². The summed E-state index contributed by atoms with van der Waals surface area (Å²) in [7, 11) is 0. The van der Waals surface area contributed by atoms with Crippen LogP contribution in [0.2, 0.25) is 0 Å². The van der Waals surface area contributed by atoms with E-state index in [0.717, 1.165) is 17.7 Å². The van der Waals surface area contributed by atoms with Crippen LogP contribution < -0.4 is 4.74 Å². The second kappa shape index (κ2) is 6.91. The van der Waals surface area contributed by atoms with E-state index in [1.807, 2.05) is 0 Å². The minimum atomic E-state index is -4.38. The molecule has 1 aromatic heterocycles. The van der Waals surface area contributed by atoms with E-state index in [4.69, 9.17) is 14.5 Å². The summed E-state index contributed by atoms with van der Waals surface area (Å²) < 4.78 is 48.3. The van der Waals surface area contributed by atoms with Gasteiger partial charge in [0, 0.05) is 11.6 Å². The number of oxime groups is 1. The Bertz CT molecular complexity index is 914. The molecule has 0 saturated carbocycles. The molecule has 0 aliphatic rings. The highest BCUT2D eigenvalue weighted by molar-refractivity contribution is 5.96. The van der Waals surface area contributed by atoms with Gasteiger partial charge in [-0.3, -0.25) is 0 Å². The molecule has 3 rings (SSSR count). The molecule has 1 heterocycles. The Morgan fingerprint density at radius 1 is 1.04 bits per heavy atom. The molecular formula is C18H13F3N2O3. The van der Waals surface area contributed by atoms with Gasteiger partial charge in [-0.2, -0.15) is 13.2 Å². The number of aromatic nitrogens is 1. The lowest BCUT2D eigenvalue weighted by Crippen LogP contribution is -2.03. The number of alkyl halides is 3. The van der Waals surface area contributed by atoms with Gasteiger partial charge in [-0.05, 0) is 55.5 Å². The smallest absolute Gasteiger partial charge is 0.416 e. The Hall–Kier alpha value is -3.29. The molecule has 0 amide bonds. The molecular weight excluding hydrogens is 349 g/mol. The molecule has 2 aromatic carbocycles. The quantitative estimate of drug-likeness (QED) is 0.386. The minimum absolute atomic E-state index is 0.296. The average molecular weight is 362 g/mol. The van der Waals surface area contributed by atoms with Crippen LogP contribution in [0.15, 0.2) is 64.3 Å². The van der Waals surface area contributed by atoms with E-state index in [2.05, 4.69) is 10.3 Å². The third kappa shape index (κ3) is 3.85. The maximum Gasteiger partial charge on any atom is 0.416 e. The number of hydrogen-bond donors (Lipinski definition) is 1. The number of ether oxygens (including phenoxy) is 1. The van der Waals surface area contributed by atoms with Crippen LogP contribution in [0.4, 0.5) is 13.2 Å². The van der Waals surface area contributed by atoms with Crippen LogP contribution in [0.5, 0.6) is 11.5 Å². The zero-order valence-corrected chi connectivity index (χ0v) is 13.5. The van der Waals surface area contributed by atoms with E-state index in [9.17, 15) is 13.2 Å². The largest absolute Gasteiger partial charge is 0.457 e. The lowest BCUT2D eigenvalue weighted by atomic mass is 10.1. The number of rotatable bonds is 4. The van der Waals surface area contributed by atoms with E-state index in [0.29, 0.717) is 28.7 Å². The molecule has 3 aromatic rings. The summed E-state index contributed by atoms with van der Waals surface area (Å²) in [5.41, 5.74) is 0.851. The molecule has 0 bridgehead atoms. The second-order valence-electron chi connectivity index (χ2n) is 5.41. The highest BCUT2D eigenvalue weighted by Gasteiger charge is 2.30. The van der Waals surface area contributed by atoms with Gasteiger partial charge in [0.05, 0.1) is 5.56 Å². The van der Waals surface area contributed by atoms with Gasteiger partial charge >= 0.3 is 6.18 Å². The summed E-state index contributed by atoms with van der Waals surface area (Å²) in [5, 5.41) is 15.7. The maximum atomic E-state index is 12.6. The van der Waals surface area contributed by atoms with Crippen LogP contribution in [0.3, 0.4) is 0 Å². The molecule has 0 saturated heterocycles. The minimum Gasteiger partial charge on any atom is -0.457 e. The Kier molecular flexibility index (Phi) is 4.66. The Labute approximate surface area is 146 Å². The summed E-state index contributed by atoms with van der Waals surface area (Å²) in [6.45, 7) is 1.57. The van der Waals surface area contributed by atoms with E-state index >= 15 is 0 Å². The predicted octanol–water partition coefficient (Wildman–Crippen LogP) is 5.35. The van der Waals surface area contributed by atoms with E-state index in [1.54, 1.807) is 37.3 Å². The van der Waals surface area contributed by atoms with Crippen molar-refractivity contribution in [3.63, 3.8) is 0 Å². The topological polar surface area (TPSA) is 67.9 Å². The molecule has 0 aliphatic heterocycles. The van der Waals surface area contributed by atoms with Crippen LogP contribution in [-0.2, 0) is 6.18 Å². The number of nitrogens with zero attached hydrogens (tertiary/aromatic N) is 2. The van der Waals surface area contributed by atoms with Crippen LogP contribution in [0, 0.1) is 0 Å². The number of hydrogen-bond acceptors (Lipinski definition) is 5. The van der Waals surface area contributed by atoms with Crippen LogP contribution in [0.25, 0.3) is 11.3 Å². The van der Waals surface area contributed by atoms with Gasteiger partial charge in [0.15, 0.2) is 5.76 Å². The molecule has 1 N–H and O–H groups in total. The van der Waals surface area contributed by atoms with Crippen molar-refractivity contribution in [2.75, 3.05) is 0 Å². The molecule has 26 heavy (non-hydrogen) atoms. The van der Waals surface area contributed by atoms with Crippen molar-refractivity contribution in [1.82, 2.24) is 5.16 Å². The molecule has 5 nitrogen and oxygen atoms in total. The first-order chi connectivity index (χ1) is 12.4. The monoisotopic (exact) mass is 362 g/mol. The molecule has 0 radical (unpaired) electrons. The molecule has 8 heteroatoms. The Morgan fingerprint density at radius 3 is 2.15 bits per heavy atom. The average Bonchev–Trinajstić information content (AvgIpc) is 3.11. The Morgan fingerprint density at radius 2 is 1.62 bits per heavy atom. The van der Waals surface area contributed by atoms with Crippen molar-refractivity contribution >= 4 is 5.71 Å². The highest BCUT2D eigenvalue weighted by Crippen LogP contribution is 2.31. The number of halogens is 3. The summed E-state index contributed by atoms with van der Waals surface area (Å²) in [5.74, 6) is 1.10. The lowest BCUT2D eigenvalue weighted by molar-refractivity contribution is -0.137. The fourth-order valence-electron chi connectivity index (χ4n) is 2.17. The van der Waals surface area contributed by atoms with Crippen molar-refractivity contribution in [3.05, 3.63) is 65.9 Å². The number of benzene rings is 2. The van der Waals surface area contributed by atoms with Crippen molar-refractivity contribution in [3.8, 4) is 22.8 Å². The SMILES string of the molecule is C/C(=N\O)c1cc(-c2ccc(Oc3ccc(C(F)(F)F)cc3)cc2)no1. The zero-order valence-electron chi connectivity index (χ0n) is 13.5. The van der Waals surface area contributed by atoms with Crippen molar-refractivity contribution in [2.45, 2.75) is 13.1 Å². The third-order valence-corrected chi connectivity index (χ3v) is 3.58. The van der Waals surface area contributed by atoms with Gasteiger partial charge in [0.25, 0.3) is 0 Å². The first kappa shape index (κ1) is 17.5. The fraction of sp³-hybridized carbons (Fsp3) is 0.111. The van der Waals surface area contributed by atoms with E-state index < -0.39 is 11.7 Å².